The summed E-state index contributed by atoms with van der Waals surface area (Å²) in [5.41, 5.74) is 1.53. The topological polar surface area (TPSA) is 59.8 Å². The lowest BCUT2D eigenvalue weighted by Gasteiger charge is -2.08. The van der Waals surface area contributed by atoms with E-state index in [0.717, 1.165) is 10.9 Å². The minimum atomic E-state index is -0.441. The van der Waals surface area contributed by atoms with Crippen molar-refractivity contribution in [3.63, 3.8) is 0 Å². The van der Waals surface area contributed by atoms with Gasteiger partial charge in [0.25, 0.3) is 0 Å². The maximum atomic E-state index is 13.9. The third-order valence-corrected chi connectivity index (χ3v) is 5.50. The first-order valence-corrected chi connectivity index (χ1v) is 8.78. The Balaban J connectivity index is 1.56. The third-order valence-electron chi connectivity index (χ3n) is 5.13. The highest BCUT2D eigenvalue weighted by atomic mass is 35.5. The van der Waals surface area contributed by atoms with Crippen molar-refractivity contribution in [1.82, 2.24) is 14.8 Å². The quantitative estimate of drug-likeness (QED) is 0.754. The number of pyridine rings is 1. The van der Waals surface area contributed by atoms with Crippen LogP contribution in [0.2, 0.25) is 5.02 Å². The molecule has 1 aromatic carbocycles. The molecule has 3 atom stereocenters. The molecule has 134 valence electrons. The zero-order valence-corrected chi connectivity index (χ0v) is 15.4. The number of carbonyl (C=O) groups is 1. The highest BCUT2D eigenvalue weighted by Gasteiger charge is 2.52. The van der Waals surface area contributed by atoms with Gasteiger partial charge < -0.3 is 5.32 Å². The van der Waals surface area contributed by atoms with Crippen molar-refractivity contribution in [2.75, 3.05) is 5.32 Å². The second-order valence-corrected chi connectivity index (χ2v) is 7.34. The van der Waals surface area contributed by atoms with E-state index >= 15 is 0 Å². The molecule has 0 spiro atoms. The van der Waals surface area contributed by atoms with E-state index in [1.54, 1.807) is 23.7 Å². The monoisotopic (exact) mass is 372 g/mol. The van der Waals surface area contributed by atoms with Crippen molar-refractivity contribution < 1.29 is 9.18 Å². The Morgan fingerprint density at radius 2 is 2.12 bits per heavy atom. The second kappa shape index (κ2) is 6.06. The van der Waals surface area contributed by atoms with Gasteiger partial charge in [-0.05, 0) is 41.5 Å². The van der Waals surface area contributed by atoms with Crippen LogP contribution in [0.4, 0.5) is 10.2 Å². The second-order valence-electron chi connectivity index (χ2n) is 6.96. The van der Waals surface area contributed by atoms with Gasteiger partial charge in [0.15, 0.2) is 0 Å². The van der Waals surface area contributed by atoms with Crippen LogP contribution in [0.1, 0.15) is 24.0 Å². The van der Waals surface area contributed by atoms with Crippen LogP contribution in [0.25, 0.3) is 10.8 Å². The van der Waals surface area contributed by atoms with Gasteiger partial charge in [-0.1, -0.05) is 18.5 Å². The zero-order chi connectivity index (χ0) is 18.6. The van der Waals surface area contributed by atoms with E-state index in [2.05, 4.69) is 22.3 Å². The Labute approximate surface area is 155 Å². The maximum Gasteiger partial charge on any atom is 0.229 e. The molecule has 0 saturated heterocycles. The molecule has 26 heavy (non-hydrogen) atoms. The van der Waals surface area contributed by atoms with E-state index in [4.69, 9.17) is 11.6 Å². The van der Waals surface area contributed by atoms with Crippen LogP contribution in [-0.2, 0) is 11.8 Å². The maximum absolute atomic E-state index is 13.9. The van der Waals surface area contributed by atoms with Gasteiger partial charge in [-0.15, -0.1) is 0 Å². The molecule has 1 fully saturated rings. The number of nitrogens with one attached hydrogen (secondary N) is 1. The van der Waals surface area contributed by atoms with Crippen molar-refractivity contribution in [3.05, 3.63) is 52.7 Å². The molecular weight excluding hydrogens is 355 g/mol. The van der Waals surface area contributed by atoms with Gasteiger partial charge in [-0.25, -0.2) is 9.37 Å². The molecule has 7 heteroatoms. The number of halogens is 2. The lowest BCUT2D eigenvalue weighted by Crippen LogP contribution is -2.16. The summed E-state index contributed by atoms with van der Waals surface area (Å²) in [7, 11) is 1.86. The van der Waals surface area contributed by atoms with Gasteiger partial charge in [0.05, 0.1) is 11.2 Å². The largest absolute Gasteiger partial charge is 0.310 e. The Kier molecular flexibility index (Phi) is 3.95. The Bertz CT molecular complexity index is 1030. The number of fused-ring (bicyclic) bond motifs is 1. The summed E-state index contributed by atoms with van der Waals surface area (Å²) in [6.45, 7) is 3.71. The smallest absolute Gasteiger partial charge is 0.229 e. The van der Waals surface area contributed by atoms with Crippen molar-refractivity contribution in [2.24, 2.45) is 18.9 Å². The molecule has 1 amide bonds. The van der Waals surface area contributed by atoms with E-state index in [1.807, 2.05) is 19.4 Å². The molecule has 1 unspecified atom stereocenters. The number of rotatable bonds is 3. The number of aryl methyl sites for hydroxylation is 2. The van der Waals surface area contributed by atoms with Crippen molar-refractivity contribution in [1.29, 1.82) is 0 Å². The molecule has 2 heterocycles. The molecule has 5 nitrogen and oxygen atoms in total. The zero-order valence-electron chi connectivity index (χ0n) is 14.6. The fourth-order valence-electron chi connectivity index (χ4n) is 3.63. The minimum Gasteiger partial charge on any atom is -0.310 e. The molecular formula is C19H18ClFN4O. The molecule has 3 aromatic rings. The Morgan fingerprint density at radius 3 is 2.81 bits per heavy atom. The van der Waals surface area contributed by atoms with Gasteiger partial charge in [0, 0.05) is 36.7 Å². The van der Waals surface area contributed by atoms with Crippen molar-refractivity contribution >= 4 is 34.1 Å². The number of aromatic nitrogens is 3. The van der Waals surface area contributed by atoms with Crippen LogP contribution in [0.15, 0.2) is 30.7 Å². The Morgan fingerprint density at radius 1 is 1.35 bits per heavy atom. The van der Waals surface area contributed by atoms with Crippen LogP contribution in [0.5, 0.6) is 0 Å². The van der Waals surface area contributed by atoms with Gasteiger partial charge in [-0.2, -0.15) is 5.10 Å². The summed E-state index contributed by atoms with van der Waals surface area (Å²) < 4.78 is 15.6. The molecule has 2 aromatic heterocycles. The number of carbonyl (C=O) groups excluding carboxylic acids is 1. The fourth-order valence-corrected chi connectivity index (χ4v) is 3.93. The van der Waals surface area contributed by atoms with Crippen LogP contribution in [-0.4, -0.2) is 20.7 Å². The fraction of sp³-hybridized carbons (Fsp3) is 0.316. The number of anilines is 1. The number of hydrogen-bond donors (Lipinski definition) is 1. The standard InChI is InChI=1S/C19H18ClFN4O/c1-9-4-11-5-14(22-7-13(11)17(20)18(9)21)24-19(26)16-10(2)15(16)12-6-23-25(3)8-12/h4-8,10,15-16H,1-3H3,(H,22,24,26)/t10?,15-,16+/m1/s1. The highest BCUT2D eigenvalue weighted by molar-refractivity contribution is 6.35. The number of amides is 1. The van der Waals surface area contributed by atoms with Crippen LogP contribution < -0.4 is 5.32 Å². The molecule has 1 aliphatic rings. The predicted molar refractivity (Wildman–Crippen MR) is 98.7 cm³/mol. The summed E-state index contributed by atoms with van der Waals surface area (Å²) in [6, 6.07) is 3.42. The predicted octanol–water partition coefficient (Wildman–Crippen LogP) is 4.06. The number of benzene rings is 1. The molecule has 1 N–H and O–H groups in total. The summed E-state index contributed by atoms with van der Waals surface area (Å²) in [5, 5.41) is 8.37. The molecule has 1 aliphatic carbocycles. The summed E-state index contributed by atoms with van der Waals surface area (Å²) in [6.07, 6.45) is 5.24. The van der Waals surface area contributed by atoms with E-state index in [1.165, 1.54) is 6.20 Å². The molecule has 0 aliphatic heterocycles. The minimum absolute atomic E-state index is 0.0535. The molecule has 0 radical (unpaired) electrons. The summed E-state index contributed by atoms with van der Waals surface area (Å²) in [5.74, 6) is 0.260. The van der Waals surface area contributed by atoms with Gasteiger partial charge in [0.1, 0.15) is 11.6 Å². The van der Waals surface area contributed by atoms with Crippen molar-refractivity contribution in [2.45, 2.75) is 19.8 Å². The van der Waals surface area contributed by atoms with Gasteiger partial charge >= 0.3 is 0 Å². The number of hydrogen-bond acceptors (Lipinski definition) is 3. The van der Waals surface area contributed by atoms with E-state index in [0.29, 0.717) is 16.8 Å². The first kappa shape index (κ1) is 17.0. The molecule has 4 rings (SSSR count). The number of nitrogens with zero attached hydrogens (tertiary/aromatic N) is 3. The van der Waals surface area contributed by atoms with E-state index in [9.17, 15) is 9.18 Å². The van der Waals surface area contributed by atoms with Gasteiger partial charge in [0.2, 0.25) is 5.91 Å². The normalized spacial score (nSPS) is 21.8. The lowest BCUT2D eigenvalue weighted by atomic mass is 10.1. The molecule has 0 bridgehead atoms. The first-order valence-electron chi connectivity index (χ1n) is 8.40. The van der Waals surface area contributed by atoms with E-state index in [-0.39, 0.29) is 28.7 Å². The Hall–Kier alpha value is -2.47. The summed E-state index contributed by atoms with van der Waals surface area (Å²) >= 11 is 6.05. The van der Waals surface area contributed by atoms with Crippen LogP contribution in [0, 0.1) is 24.6 Å². The first-order chi connectivity index (χ1) is 12.4. The van der Waals surface area contributed by atoms with Crippen LogP contribution in [0.3, 0.4) is 0 Å². The average molecular weight is 373 g/mol. The van der Waals surface area contributed by atoms with E-state index < -0.39 is 5.82 Å². The third kappa shape index (κ3) is 2.74. The summed E-state index contributed by atoms with van der Waals surface area (Å²) in [4.78, 5) is 16.9. The van der Waals surface area contributed by atoms with Gasteiger partial charge in [-0.3, -0.25) is 9.48 Å². The SMILES string of the molecule is Cc1cc2cc(NC(=O)[C@H]3C(C)[C@@H]3c3cnn(C)c3)ncc2c(Cl)c1F. The highest BCUT2D eigenvalue weighted by Crippen LogP contribution is 2.54. The molecule has 1 saturated carbocycles. The average Bonchev–Trinajstić information content (AvgIpc) is 3.08. The lowest BCUT2D eigenvalue weighted by molar-refractivity contribution is -0.117. The van der Waals surface area contributed by atoms with Crippen LogP contribution >= 0.6 is 11.6 Å². The van der Waals surface area contributed by atoms with Crippen molar-refractivity contribution in [3.8, 4) is 0 Å².